The highest BCUT2D eigenvalue weighted by atomic mass is 79.9. The van der Waals surface area contributed by atoms with Crippen LogP contribution in [-0.2, 0) is 9.53 Å². The van der Waals surface area contributed by atoms with Crippen molar-refractivity contribution >= 4 is 21.8 Å². The summed E-state index contributed by atoms with van der Waals surface area (Å²) in [6, 6.07) is 6.15. The largest absolute Gasteiger partial charge is 0.358 e. The quantitative estimate of drug-likeness (QED) is 0.446. The molecule has 10 heteroatoms. The Balaban J connectivity index is 1.00. The molecule has 1 aromatic heterocycles. The third-order valence-corrected chi connectivity index (χ3v) is 10.8. The molecule has 1 saturated carbocycles. The van der Waals surface area contributed by atoms with Crippen molar-refractivity contribution in [1.29, 1.82) is 5.26 Å². The van der Waals surface area contributed by atoms with Crippen LogP contribution < -0.4 is 16.0 Å². The third kappa shape index (κ3) is 5.06. The number of nitriles is 1. The minimum absolute atomic E-state index is 0.0550. The standard InChI is InChI=1S/C27H38BrN7O2/c1-15(16-8-9-31-32-13-16)33-27(36)21-10-19-6-7-23(21)35(19)18-4-2-17(3-5-18)34-26-25(28)22-11-20(12-29)37-24(22)14-30-26/h8-9,13,15,17-26,30,34H,2-7,10-11,14H2,1H3,(H,33,36). The van der Waals surface area contributed by atoms with Crippen molar-refractivity contribution in [3.63, 3.8) is 0 Å². The number of alkyl halides is 1. The topological polar surface area (TPSA) is 115 Å². The van der Waals surface area contributed by atoms with E-state index in [1.54, 1.807) is 12.4 Å². The van der Waals surface area contributed by atoms with Gasteiger partial charge in [0.2, 0.25) is 5.91 Å². The number of nitrogens with zero attached hydrogens (tertiary/aromatic N) is 4. The van der Waals surface area contributed by atoms with Crippen LogP contribution in [0.25, 0.3) is 0 Å². The molecule has 2 bridgehead atoms. The summed E-state index contributed by atoms with van der Waals surface area (Å²) in [5.41, 5.74) is 0.994. The van der Waals surface area contributed by atoms with Crippen LogP contribution in [0, 0.1) is 23.2 Å². The minimum Gasteiger partial charge on any atom is -0.358 e. The molecular formula is C27H38BrN7O2. The van der Waals surface area contributed by atoms with E-state index < -0.39 is 0 Å². The van der Waals surface area contributed by atoms with E-state index in [4.69, 9.17) is 4.74 Å². The fourth-order valence-corrected chi connectivity index (χ4v) is 8.67. The molecule has 6 rings (SSSR count). The van der Waals surface area contributed by atoms with E-state index in [9.17, 15) is 10.1 Å². The highest BCUT2D eigenvalue weighted by Crippen LogP contribution is 2.46. The van der Waals surface area contributed by atoms with Crippen molar-refractivity contribution in [1.82, 2.24) is 31.0 Å². The molecule has 200 valence electrons. The number of rotatable bonds is 6. The van der Waals surface area contributed by atoms with Crippen LogP contribution in [0.1, 0.15) is 69.9 Å². The molecule has 0 aromatic carbocycles. The van der Waals surface area contributed by atoms with Crippen LogP contribution >= 0.6 is 15.9 Å². The van der Waals surface area contributed by atoms with Crippen molar-refractivity contribution in [2.75, 3.05) is 6.54 Å². The summed E-state index contributed by atoms with van der Waals surface area (Å²) in [6.45, 7) is 2.82. The summed E-state index contributed by atoms with van der Waals surface area (Å²) < 4.78 is 5.87. The number of carbonyl (C=O) groups is 1. The Kier molecular flexibility index (Phi) is 7.52. The van der Waals surface area contributed by atoms with E-state index in [-0.39, 0.29) is 41.1 Å². The summed E-state index contributed by atoms with van der Waals surface area (Å²) >= 11 is 3.92. The van der Waals surface area contributed by atoms with Gasteiger partial charge in [0.1, 0.15) is 6.10 Å². The van der Waals surface area contributed by atoms with Gasteiger partial charge in [0.15, 0.2) is 0 Å². The lowest BCUT2D eigenvalue weighted by Crippen LogP contribution is -2.61. The fourth-order valence-electron chi connectivity index (χ4n) is 7.77. The first-order valence-corrected chi connectivity index (χ1v) is 15.0. The average molecular weight is 573 g/mol. The van der Waals surface area contributed by atoms with E-state index >= 15 is 0 Å². The van der Waals surface area contributed by atoms with Gasteiger partial charge in [-0.2, -0.15) is 15.5 Å². The number of halogens is 1. The molecule has 5 aliphatic rings. The molecule has 3 N–H and O–H groups in total. The summed E-state index contributed by atoms with van der Waals surface area (Å²) in [4.78, 5) is 16.2. The van der Waals surface area contributed by atoms with Gasteiger partial charge in [0.25, 0.3) is 0 Å². The number of hydrogen-bond donors (Lipinski definition) is 3. The molecule has 9 atom stereocenters. The van der Waals surface area contributed by atoms with Gasteiger partial charge in [-0.05, 0) is 69.9 Å². The highest BCUT2D eigenvalue weighted by Gasteiger charge is 2.52. The maximum Gasteiger partial charge on any atom is 0.225 e. The van der Waals surface area contributed by atoms with Crippen LogP contribution in [0.15, 0.2) is 18.5 Å². The van der Waals surface area contributed by atoms with Crippen molar-refractivity contribution in [2.24, 2.45) is 11.8 Å². The molecule has 5 fully saturated rings. The lowest BCUT2D eigenvalue weighted by Gasteiger charge is -2.42. The van der Waals surface area contributed by atoms with Gasteiger partial charge in [-0.25, -0.2) is 0 Å². The van der Waals surface area contributed by atoms with Crippen molar-refractivity contribution < 1.29 is 9.53 Å². The molecule has 9 nitrogen and oxygen atoms in total. The van der Waals surface area contributed by atoms with Crippen molar-refractivity contribution in [2.45, 2.75) is 112 Å². The van der Waals surface area contributed by atoms with Gasteiger partial charge in [-0.3, -0.25) is 20.3 Å². The molecule has 1 amide bonds. The lowest BCUT2D eigenvalue weighted by molar-refractivity contribution is -0.126. The van der Waals surface area contributed by atoms with Crippen LogP contribution in [0.3, 0.4) is 0 Å². The highest BCUT2D eigenvalue weighted by molar-refractivity contribution is 9.09. The molecule has 1 aliphatic carbocycles. The predicted octanol–water partition coefficient (Wildman–Crippen LogP) is 2.40. The molecule has 5 heterocycles. The number of piperidine rings is 1. The fraction of sp³-hybridized carbons (Fsp3) is 0.778. The van der Waals surface area contributed by atoms with Crippen molar-refractivity contribution in [3.05, 3.63) is 24.0 Å². The Morgan fingerprint density at radius 1 is 1.22 bits per heavy atom. The summed E-state index contributed by atoms with van der Waals surface area (Å²) in [5, 5.41) is 27.8. The Labute approximate surface area is 227 Å². The number of aromatic nitrogens is 2. The van der Waals surface area contributed by atoms with Gasteiger partial charge in [0.05, 0.1) is 36.5 Å². The van der Waals surface area contributed by atoms with E-state index in [1.165, 1.54) is 19.3 Å². The molecule has 4 saturated heterocycles. The smallest absolute Gasteiger partial charge is 0.225 e. The molecule has 9 unspecified atom stereocenters. The molecule has 4 aliphatic heterocycles. The monoisotopic (exact) mass is 571 g/mol. The second-order valence-corrected chi connectivity index (χ2v) is 12.7. The lowest BCUT2D eigenvalue weighted by atomic mass is 9.87. The molecular weight excluding hydrogens is 534 g/mol. The number of fused-ring (bicyclic) bond motifs is 3. The molecule has 37 heavy (non-hydrogen) atoms. The first kappa shape index (κ1) is 25.6. The zero-order valence-electron chi connectivity index (χ0n) is 21.4. The normalized spacial score (nSPS) is 42.2. The zero-order chi connectivity index (χ0) is 25.5. The first-order valence-electron chi connectivity index (χ1n) is 14.0. The number of hydrogen-bond acceptors (Lipinski definition) is 8. The van der Waals surface area contributed by atoms with Gasteiger partial charge in [-0.15, -0.1) is 0 Å². The second-order valence-electron chi connectivity index (χ2n) is 11.7. The van der Waals surface area contributed by atoms with Gasteiger partial charge in [-0.1, -0.05) is 15.9 Å². The maximum atomic E-state index is 13.2. The van der Waals surface area contributed by atoms with E-state index in [2.05, 4.69) is 53.0 Å². The Morgan fingerprint density at radius 3 is 2.78 bits per heavy atom. The van der Waals surface area contributed by atoms with Gasteiger partial charge >= 0.3 is 0 Å². The number of carbonyl (C=O) groups excluding carboxylic acids is 1. The molecule has 0 radical (unpaired) electrons. The Morgan fingerprint density at radius 2 is 2.03 bits per heavy atom. The average Bonchev–Trinajstić information content (AvgIpc) is 3.64. The Bertz CT molecular complexity index is 1000. The third-order valence-electron chi connectivity index (χ3n) is 9.64. The van der Waals surface area contributed by atoms with Crippen molar-refractivity contribution in [3.8, 4) is 6.07 Å². The van der Waals surface area contributed by atoms with E-state index in [1.807, 2.05) is 13.0 Å². The van der Waals surface area contributed by atoms with Crippen LogP contribution in [-0.4, -0.2) is 74.9 Å². The van der Waals surface area contributed by atoms with Crippen LogP contribution in [0.4, 0.5) is 0 Å². The Hall–Kier alpha value is -1.64. The maximum absolute atomic E-state index is 13.2. The molecule has 1 aromatic rings. The first-order chi connectivity index (χ1) is 18.0. The minimum atomic E-state index is -0.274. The number of amides is 1. The van der Waals surface area contributed by atoms with Gasteiger partial charge < -0.3 is 10.1 Å². The number of nitrogens with one attached hydrogen (secondary N) is 3. The van der Waals surface area contributed by atoms with E-state index in [0.717, 1.165) is 44.2 Å². The van der Waals surface area contributed by atoms with Gasteiger partial charge in [0, 0.05) is 47.7 Å². The predicted molar refractivity (Wildman–Crippen MR) is 141 cm³/mol. The summed E-state index contributed by atoms with van der Waals surface area (Å²) in [5.74, 6) is 0.656. The molecule has 0 spiro atoms. The SMILES string of the molecule is CC(NC(=O)C1CC2CCC1N2C1CCC(NC2NCC3OC(C#N)CC3C2Br)CC1)c1ccnnc1. The second kappa shape index (κ2) is 10.9. The zero-order valence-corrected chi connectivity index (χ0v) is 23.0. The van der Waals surface area contributed by atoms with Crippen LogP contribution in [0.5, 0.6) is 0 Å². The summed E-state index contributed by atoms with van der Waals surface area (Å²) in [7, 11) is 0. The number of ether oxygens (including phenoxy) is 1. The van der Waals surface area contributed by atoms with E-state index in [0.29, 0.717) is 30.1 Å². The van der Waals surface area contributed by atoms with Crippen LogP contribution in [0.2, 0.25) is 0 Å². The summed E-state index contributed by atoms with van der Waals surface area (Å²) in [6.07, 6.45) is 12.3.